The van der Waals surface area contributed by atoms with Crippen LogP contribution in [0.15, 0.2) is 45.7 Å². The minimum Gasteiger partial charge on any atom is -0.408 e. The minimum absolute atomic E-state index is 0.334. The van der Waals surface area contributed by atoms with E-state index in [1.807, 2.05) is 30.3 Å². The van der Waals surface area contributed by atoms with Crippen molar-refractivity contribution in [2.24, 2.45) is 0 Å². The highest BCUT2D eigenvalue weighted by Crippen LogP contribution is 2.13. The van der Waals surface area contributed by atoms with Gasteiger partial charge < -0.3 is 4.42 Å². The SMILES string of the molecule is Cc1nc2c(cnn2-c2ccccc2)c(=O)o1. The van der Waals surface area contributed by atoms with Gasteiger partial charge in [0.1, 0.15) is 5.39 Å². The van der Waals surface area contributed by atoms with Gasteiger partial charge in [0, 0.05) is 6.92 Å². The Bertz CT molecular complexity index is 728. The van der Waals surface area contributed by atoms with Crippen molar-refractivity contribution >= 4 is 11.0 Å². The molecule has 5 nitrogen and oxygen atoms in total. The fourth-order valence-electron chi connectivity index (χ4n) is 1.71. The molecule has 84 valence electrons. The summed E-state index contributed by atoms with van der Waals surface area (Å²) in [7, 11) is 0. The molecule has 2 aromatic heterocycles. The second kappa shape index (κ2) is 3.55. The molecular weight excluding hydrogens is 218 g/mol. The maximum Gasteiger partial charge on any atom is 0.350 e. The fraction of sp³-hybridized carbons (Fsp3) is 0.0833. The third kappa shape index (κ3) is 1.52. The lowest BCUT2D eigenvalue weighted by Gasteiger charge is -2.01. The summed E-state index contributed by atoms with van der Waals surface area (Å²) in [5.74, 6) is 0.334. The van der Waals surface area contributed by atoms with Crippen LogP contribution in [0.2, 0.25) is 0 Å². The van der Waals surface area contributed by atoms with Crippen LogP contribution >= 0.6 is 0 Å². The average molecular weight is 227 g/mol. The number of aryl methyl sites for hydroxylation is 1. The van der Waals surface area contributed by atoms with Gasteiger partial charge in [-0.05, 0) is 12.1 Å². The van der Waals surface area contributed by atoms with Crippen LogP contribution in [-0.2, 0) is 0 Å². The molecule has 1 aromatic carbocycles. The van der Waals surface area contributed by atoms with Crippen molar-refractivity contribution in [2.45, 2.75) is 6.92 Å². The zero-order valence-electron chi connectivity index (χ0n) is 9.12. The summed E-state index contributed by atoms with van der Waals surface area (Å²) < 4.78 is 6.54. The van der Waals surface area contributed by atoms with E-state index in [1.54, 1.807) is 11.6 Å². The molecule has 0 aliphatic heterocycles. The summed E-state index contributed by atoms with van der Waals surface area (Å²) in [5.41, 5.74) is 0.972. The number of nitrogens with zero attached hydrogens (tertiary/aromatic N) is 3. The summed E-state index contributed by atoms with van der Waals surface area (Å²) in [5, 5.41) is 4.55. The van der Waals surface area contributed by atoms with Crippen LogP contribution in [-0.4, -0.2) is 14.8 Å². The van der Waals surface area contributed by atoms with Crippen molar-refractivity contribution in [3.8, 4) is 5.69 Å². The zero-order chi connectivity index (χ0) is 11.8. The van der Waals surface area contributed by atoms with Gasteiger partial charge >= 0.3 is 5.63 Å². The Balaban J connectivity index is 2.36. The predicted octanol–water partition coefficient (Wildman–Crippen LogP) is 1.68. The highest BCUT2D eigenvalue weighted by molar-refractivity contribution is 5.74. The molecule has 0 bridgehead atoms. The second-order valence-electron chi connectivity index (χ2n) is 3.65. The van der Waals surface area contributed by atoms with Gasteiger partial charge in [-0.2, -0.15) is 10.1 Å². The standard InChI is InChI=1S/C12H9N3O2/c1-8-14-11-10(12(16)17-8)7-13-15(11)9-5-3-2-4-6-9/h2-7H,1H3. The molecular formula is C12H9N3O2. The Kier molecular flexibility index (Phi) is 2.04. The van der Waals surface area contributed by atoms with Gasteiger partial charge in [-0.15, -0.1) is 0 Å². The number of hydrogen-bond donors (Lipinski definition) is 0. The first-order valence-corrected chi connectivity index (χ1v) is 5.16. The monoisotopic (exact) mass is 227 g/mol. The topological polar surface area (TPSA) is 60.9 Å². The molecule has 0 atom stereocenters. The van der Waals surface area contributed by atoms with Gasteiger partial charge in [0.25, 0.3) is 0 Å². The molecule has 0 fully saturated rings. The number of hydrogen-bond acceptors (Lipinski definition) is 4. The van der Waals surface area contributed by atoms with Crippen molar-refractivity contribution in [1.82, 2.24) is 14.8 Å². The van der Waals surface area contributed by atoms with Crippen LogP contribution in [0.1, 0.15) is 5.89 Å². The predicted molar refractivity (Wildman–Crippen MR) is 62.1 cm³/mol. The van der Waals surface area contributed by atoms with Crippen LogP contribution in [0.5, 0.6) is 0 Å². The smallest absolute Gasteiger partial charge is 0.350 e. The number of para-hydroxylation sites is 1. The van der Waals surface area contributed by atoms with Crippen LogP contribution in [0, 0.1) is 6.92 Å². The third-order valence-electron chi connectivity index (χ3n) is 2.47. The van der Waals surface area contributed by atoms with Crippen molar-refractivity contribution in [3.05, 3.63) is 52.8 Å². The lowest BCUT2D eigenvalue weighted by Crippen LogP contribution is -2.04. The molecule has 0 aliphatic rings. The van der Waals surface area contributed by atoms with Crippen molar-refractivity contribution in [2.75, 3.05) is 0 Å². The third-order valence-corrected chi connectivity index (χ3v) is 2.47. The number of fused-ring (bicyclic) bond motifs is 1. The second-order valence-corrected chi connectivity index (χ2v) is 3.65. The molecule has 0 unspecified atom stereocenters. The van der Waals surface area contributed by atoms with Gasteiger partial charge in [-0.25, -0.2) is 9.48 Å². The van der Waals surface area contributed by atoms with Crippen molar-refractivity contribution in [3.63, 3.8) is 0 Å². The number of aromatic nitrogens is 3. The van der Waals surface area contributed by atoms with E-state index in [1.165, 1.54) is 6.20 Å². The lowest BCUT2D eigenvalue weighted by molar-refractivity contribution is 0.466. The van der Waals surface area contributed by atoms with Crippen LogP contribution in [0.3, 0.4) is 0 Å². The van der Waals surface area contributed by atoms with E-state index in [0.29, 0.717) is 16.9 Å². The molecule has 0 radical (unpaired) electrons. The van der Waals surface area contributed by atoms with Crippen LogP contribution < -0.4 is 5.63 Å². The maximum absolute atomic E-state index is 11.6. The van der Waals surface area contributed by atoms with E-state index in [-0.39, 0.29) is 0 Å². The number of benzene rings is 1. The zero-order valence-corrected chi connectivity index (χ0v) is 9.12. The number of rotatable bonds is 1. The molecule has 0 amide bonds. The molecule has 2 heterocycles. The molecule has 5 heteroatoms. The van der Waals surface area contributed by atoms with E-state index in [2.05, 4.69) is 10.1 Å². The van der Waals surface area contributed by atoms with Crippen molar-refractivity contribution in [1.29, 1.82) is 0 Å². The minimum atomic E-state index is -0.408. The first-order valence-electron chi connectivity index (χ1n) is 5.16. The Hall–Kier alpha value is -2.43. The average Bonchev–Trinajstić information content (AvgIpc) is 2.74. The Morgan fingerprint density at radius 2 is 2.00 bits per heavy atom. The first-order chi connectivity index (χ1) is 8.25. The Morgan fingerprint density at radius 3 is 2.76 bits per heavy atom. The molecule has 17 heavy (non-hydrogen) atoms. The van der Waals surface area contributed by atoms with Crippen LogP contribution in [0.25, 0.3) is 16.7 Å². The van der Waals surface area contributed by atoms with E-state index in [9.17, 15) is 4.79 Å². The first kappa shape index (κ1) is 9.77. The lowest BCUT2D eigenvalue weighted by atomic mass is 10.3. The van der Waals surface area contributed by atoms with E-state index in [4.69, 9.17) is 4.42 Å². The molecule has 0 spiro atoms. The summed E-state index contributed by atoms with van der Waals surface area (Å²) in [4.78, 5) is 15.8. The van der Waals surface area contributed by atoms with E-state index >= 15 is 0 Å². The van der Waals surface area contributed by atoms with Crippen molar-refractivity contribution < 1.29 is 4.42 Å². The normalized spacial score (nSPS) is 10.9. The van der Waals surface area contributed by atoms with Gasteiger partial charge in [0.2, 0.25) is 0 Å². The Morgan fingerprint density at radius 1 is 1.24 bits per heavy atom. The van der Waals surface area contributed by atoms with Crippen LogP contribution in [0.4, 0.5) is 0 Å². The van der Waals surface area contributed by atoms with E-state index in [0.717, 1.165) is 5.69 Å². The van der Waals surface area contributed by atoms with Gasteiger partial charge in [-0.3, -0.25) is 0 Å². The van der Waals surface area contributed by atoms with Gasteiger partial charge in [0.05, 0.1) is 11.9 Å². The molecule has 0 N–H and O–H groups in total. The molecule has 0 saturated heterocycles. The molecule has 0 saturated carbocycles. The maximum atomic E-state index is 11.6. The van der Waals surface area contributed by atoms with Gasteiger partial charge in [0.15, 0.2) is 11.5 Å². The largest absolute Gasteiger partial charge is 0.408 e. The molecule has 3 rings (SSSR count). The summed E-state index contributed by atoms with van der Waals surface area (Å²) in [6.07, 6.45) is 1.47. The highest BCUT2D eigenvalue weighted by atomic mass is 16.4. The molecule has 3 aromatic rings. The molecule has 0 aliphatic carbocycles. The summed E-state index contributed by atoms with van der Waals surface area (Å²) in [6, 6.07) is 9.53. The van der Waals surface area contributed by atoms with Gasteiger partial charge in [-0.1, -0.05) is 18.2 Å². The Labute approximate surface area is 96.3 Å². The fourth-order valence-corrected chi connectivity index (χ4v) is 1.71. The van der Waals surface area contributed by atoms with E-state index < -0.39 is 5.63 Å². The quantitative estimate of drug-likeness (QED) is 0.634. The summed E-state index contributed by atoms with van der Waals surface area (Å²) in [6.45, 7) is 1.64. The summed E-state index contributed by atoms with van der Waals surface area (Å²) >= 11 is 0. The highest BCUT2D eigenvalue weighted by Gasteiger charge is 2.10.